The summed E-state index contributed by atoms with van der Waals surface area (Å²) in [4.78, 5) is 12.0. The van der Waals surface area contributed by atoms with Gasteiger partial charge in [0.25, 0.3) is 0 Å². The number of likely N-dealkylation sites (N-methyl/N-ethyl adjacent to an activating group) is 1. The van der Waals surface area contributed by atoms with Crippen LogP contribution in [-0.2, 0) is 4.74 Å². The smallest absolute Gasteiger partial charge is 0.229 e. The highest BCUT2D eigenvalue weighted by molar-refractivity contribution is 9.10. The summed E-state index contributed by atoms with van der Waals surface area (Å²) >= 11 is 8.00. The van der Waals surface area contributed by atoms with Gasteiger partial charge in [-0.3, -0.25) is 0 Å². The van der Waals surface area contributed by atoms with Crippen molar-refractivity contribution in [2.75, 3.05) is 63.5 Å². The molecule has 0 amide bonds. The van der Waals surface area contributed by atoms with Gasteiger partial charge in [-0.2, -0.15) is 4.98 Å². The molecule has 0 aliphatic carbocycles. The van der Waals surface area contributed by atoms with Crippen LogP contribution in [0.25, 0.3) is 0 Å². The highest BCUT2D eigenvalue weighted by atomic mass is 79.9. The molecule has 3 aromatic rings. The predicted molar refractivity (Wildman–Crippen MR) is 141 cm³/mol. The zero-order valence-corrected chi connectivity index (χ0v) is 21.4. The number of anilines is 5. The number of thiol groups is 1. The van der Waals surface area contributed by atoms with Crippen LogP contribution < -0.4 is 20.7 Å². The van der Waals surface area contributed by atoms with Crippen molar-refractivity contribution < 1.29 is 9.47 Å². The first-order valence-electron chi connectivity index (χ1n) is 10.4. The summed E-state index contributed by atoms with van der Waals surface area (Å²) in [7, 11) is 5.74. The molecule has 0 unspecified atom stereocenters. The van der Waals surface area contributed by atoms with E-state index in [1.807, 2.05) is 56.6 Å². The van der Waals surface area contributed by atoms with Crippen molar-refractivity contribution >= 4 is 57.4 Å². The molecule has 2 aromatic carbocycles. The third kappa shape index (κ3) is 7.78. The Hall–Kier alpha value is -2.53. The van der Waals surface area contributed by atoms with E-state index in [9.17, 15) is 0 Å². The molecule has 1 aromatic heterocycles. The lowest BCUT2D eigenvalue weighted by Crippen LogP contribution is -2.20. The van der Waals surface area contributed by atoms with E-state index in [1.165, 1.54) is 0 Å². The van der Waals surface area contributed by atoms with E-state index < -0.39 is 0 Å². The first-order valence-corrected chi connectivity index (χ1v) is 11.7. The van der Waals surface area contributed by atoms with Crippen molar-refractivity contribution in [2.24, 2.45) is 0 Å². The Morgan fingerprint density at radius 2 is 1.88 bits per heavy atom. The minimum Gasteiger partial charge on any atom is -0.489 e. The van der Waals surface area contributed by atoms with Gasteiger partial charge in [0.2, 0.25) is 5.95 Å². The van der Waals surface area contributed by atoms with Crippen LogP contribution >= 0.6 is 28.6 Å². The maximum atomic E-state index is 5.95. The number of para-hydroxylation sites is 1. The standard InChI is InChI=1S/C23H29BrN6O2S/c1-30(2)11-10-25-16-8-9-18(20(14-16)32-13-12-31-3)28-23-26-15-17(24)22(29-23)27-19-6-4-5-7-21(19)33/h4-9,14-15,25,33H,10-13H2,1-3H3,(H2,26,27,28,29). The average Bonchev–Trinajstić information content (AvgIpc) is 2.79. The van der Waals surface area contributed by atoms with Gasteiger partial charge in [0, 0.05) is 43.0 Å². The molecule has 33 heavy (non-hydrogen) atoms. The molecular formula is C23H29BrN6O2S. The molecule has 1 heterocycles. The Kier molecular flexibility index (Phi) is 9.61. The zero-order chi connectivity index (χ0) is 23.6. The van der Waals surface area contributed by atoms with Gasteiger partial charge in [-0.05, 0) is 54.3 Å². The quantitative estimate of drug-likeness (QED) is 0.191. The second-order valence-corrected chi connectivity index (χ2v) is 8.78. The van der Waals surface area contributed by atoms with E-state index in [1.54, 1.807) is 13.3 Å². The maximum absolute atomic E-state index is 5.95. The number of nitrogens with one attached hydrogen (secondary N) is 3. The summed E-state index contributed by atoms with van der Waals surface area (Å²) in [6.07, 6.45) is 1.70. The van der Waals surface area contributed by atoms with Crippen LogP contribution in [0.1, 0.15) is 0 Å². The Morgan fingerprint density at radius 1 is 1.06 bits per heavy atom. The van der Waals surface area contributed by atoms with Gasteiger partial charge in [-0.25, -0.2) is 4.98 Å². The Labute approximate surface area is 208 Å². The highest BCUT2D eigenvalue weighted by Gasteiger charge is 2.11. The third-order valence-electron chi connectivity index (χ3n) is 4.56. The average molecular weight is 533 g/mol. The van der Waals surface area contributed by atoms with E-state index in [-0.39, 0.29) is 0 Å². The predicted octanol–water partition coefficient (Wildman–Crippen LogP) is 5.01. The molecule has 0 saturated carbocycles. The number of hydrogen-bond acceptors (Lipinski definition) is 9. The molecular weight excluding hydrogens is 504 g/mol. The first kappa shape index (κ1) is 25.1. The molecule has 3 N–H and O–H groups in total. The van der Waals surface area contributed by atoms with Crippen LogP contribution in [0.4, 0.5) is 28.8 Å². The number of nitrogens with zero attached hydrogens (tertiary/aromatic N) is 3. The van der Waals surface area contributed by atoms with E-state index in [2.05, 4.69) is 59.4 Å². The maximum Gasteiger partial charge on any atom is 0.229 e. The molecule has 0 radical (unpaired) electrons. The van der Waals surface area contributed by atoms with Gasteiger partial charge < -0.3 is 30.3 Å². The van der Waals surface area contributed by atoms with Crippen molar-refractivity contribution in [3.8, 4) is 5.75 Å². The van der Waals surface area contributed by atoms with Crippen LogP contribution in [-0.4, -0.2) is 62.4 Å². The van der Waals surface area contributed by atoms with E-state index >= 15 is 0 Å². The van der Waals surface area contributed by atoms with E-state index in [0.717, 1.165) is 39.5 Å². The zero-order valence-electron chi connectivity index (χ0n) is 18.9. The van der Waals surface area contributed by atoms with E-state index in [4.69, 9.17) is 9.47 Å². The number of benzene rings is 2. The second kappa shape index (κ2) is 12.6. The number of halogens is 1. The fraction of sp³-hybridized carbons (Fsp3) is 0.304. The van der Waals surface area contributed by atoms with Crippen LogP contribution in [0, 0.1) is 0 Å². The fourth-order valence-corrected chi connectivity index (χ4v) is 3.36. The molecule has 3 rings (SSSR count). The van der Waals surface area contributed by atoms with E-state index in [0.29, 0.717) is 30.7 Å². The number of hydrogen-bond donors (Lipinski definition) is 4. The first-order chi connectivity index (χ1) is 16.0. The van der Waals surface area contributed by atoms with Crippen LogP contribution in [0.2, 0.25) is 0 Å². The minimum atomic E-state index is 0.430. The van der Waals surface area contributed by atoms with Crippen LogP contribution in [0.15, 0.2) is 58.0 Å². The molecule has 0 fully saturated rings. The number of methoxy groups -OCH3 is 1. The van der Waals surface area contributed by atoms with Gasteiger partial charge >= 0.3 is 0 Å². The Bertz CT molecular complexity index is 1050. The van der Waals surface area contributed by atoms with Crippen LogP contribution in [0.5, 0.6) is 5.75 Å². The molecule has 0 spiro atoms. The van der Waals surface area contributed by atoms with Gasteiger partial charge in [0.15, 0.2) is 0 Å². The Balaban J connectivity index is 1.79. The summed E-state index contributed by atoms with van der Waals surface area (Å²) in [6, 6.07) is 13.6. The Morgan fingerprint density at radius 3 is 2.64 bits per heavy atom. The van der Waals surface area contributed by atoms with Crippen LogP contribution in [0.3, 0.4) is 0 Å². The normalized spacial score (nSPS) is 10.8. The van der Waals surface area contributed by atoms with Crippen molar-refractivity contribution in [3.63, 3.8) is 0 Å². The van der Waals surface area contributed by atoms with Crippen molar-refractivity contribution in [2.45, 2.75) is 4.90 Å². The number of aromatic nitrogens is 2. The van der Waals surface area contributed by atoms with Gasteiger partial charge in [-0.1, -0.05) is 12.1 Å². The molecule has 176 valence electrons. The molecule has 0 aliphatic rings. The van der Waals surface area contributed by atoms with Crippen molar-refractivity contribution in [3.05, 3.63) is 53.1 Å². The highest BCUT2D eigenvalue weighted by Crippen LogP contribution is 2.32. The van der Waals surface area contributed by atoms with Gasteiger partial charge in [0.05, 0.1) is 22.5 Å². The summed E-state index contributed by atoms with van der Waals surface area (Å²) in [5, 5.41) is 9.97. The lowest BCUT2D eigenvalue weighted by Gasteiger charge is -2.16. The van der Waals surface area contributed by atoms with Crippen molar-refractivity contribution in [1.29, 1.82) is 0 Å². The minimum absolute atomic E-state index is 0.430. The summed E-state index contributed by atoms with van der Waals surface area (Å²) in [6.45, 7) is 2.68. The molecule has 0 aliphatic heterocycles. The summed E-state index contributed by atoms with van der Waals surface area (Å²) in [5.74, 6) is 1.74. The number of rotatable bonds is 12. The summed E-state index contributed by atoms with van der Waals surface area (Å²) in [5.41, 5.74) is 2.58. The fourth-order valence-electron chi connectivity index (χ4n) is 2.86. The lowest BCUT2D eigenvalue weighted by atomic mass is 10.2. The van der Waals surface area contributed by atoms with Gasteiger partial charge in [-0.15, -0.1) is 12.6 Å². The molecule has 0 saturated heterocycles. The molecule has 0 atom stereocenters. The molecule has 0 bridgehead atoms. The second-order valence-electron chi connectivity index (χ2n) is 7.44. The number of ether oxygens (including phenoxy) is 2. The monoisotopic (exact) mass is 532 g/mol. The largest absolute Gasteiger partial charge is 0.489 e. The van der Waals surface area contributed by atoms with Crippen molar-refractivity contribution in [1.82, 2.24) is 14.9 Å². The lowest BCUT2D eigenvalue weighted by molar-refractivity contribution is 0.147. The SMILES string of the molecule is COCCOc1cc(NCCN(C)C)ccc1Nc1ncc(Br)c(Nc2ccccc2S)n1. The summed E-state index contributed by atoms with van der Waals surface area (Å²) < 4.78 is 11.8. The van der Waals surface area contributed by atoms with Gasteiger partial charge in [0.1, 0.15) is 18.2 Å². The topological polar surface area (TPSA) is 83.6 Å². The third-order valence-corrected chi connectivity index (χ3v) is 5.53. The molecule has 10 heteroatoms. The molecule has 8 nitrogen and oxygen atoms in total.